The van der Waals surface area contributed by atoms with Crippen LogP contribution in [-0.4, -0.2) is 7.11 Å². The summed E-state index contributed by atoms with van der Waals surface area (Å²) in [6.07, 6.45) is 0. The van der Waals surface area contributed by atoms with Crippen molar-refractivity contribution in [1.29, 1.82) is 0 Å². The predicted octanol–water partition coefficient (Wildman–Crippen LogP) is 3.09. The number of halogens is 1. The van der Waals surface area contributed by atoms with Crippen molar-refractivity contribution in [3.05, 3.63) is 53.8 Å². The molecule has 0 amide bonds. The number of methoxy groups -OCH3 is 1. The third kappa shape index (κ3) is 2.60. The SMILES string of the molecule is COc1ccc(CN)c(Oc2ccccc2F)c1. The Hall–Kier alpha value is -2.07. The molecule has 2 aromatic rings. The highest BCUT2D eigenvalue weighted by Gasteiger charge is 2.08. The molecule has 0 unspecified atom stereocenters. The van der Waals surface area contributed by atoms with Gasteiger partial charge in [-0.1, -0.05) is 18.2 Å². The highest BCUT2D eigenvalue weighted by atomic mass is 19.1. The van der Waals surface area contributed by atoms with Crippen LogP contribution in [0.25, 0.3) is 0 Å². The fraction of sp³-hybridized carbons (Fsp3) is 0.143. The van der Waals surface area contributed by atoms with Crippen LogP contribution in [0.4, 0.5) is 4.39 Å². The number of nitrogens with two attached hydrogens (primary N) is 1. The Labute approximate surface area is 105 Å². The van der Waals surface area contributed by atoms with Gasteiger partial charge in [0.1, 0.15) is 11.5 Å². The zero-order valence-corrected chi connectivity index (χ0v) is 10.0. The quantitative estimate of drug-likeness (QED) is 0.903. The lowest BCUT2D eigenvalue weighted by Crippen LogP contribution is -2.00. The number of hydrogen-bond donors (Lipinski definition) is 1. The summed E-state index contributed by atoms with van der Waals surface area (Å²) in [6, 6.07) is 11.5. The highest BCUT2D eigenvalue weighted by Crippen LogP contribution is 2.30. The highest BCUT2D eigenvalue weighted by molar-refractivity contribution is 5.43. The second-order valence-electron chi connectivity index (χ2n) is 3.71. The van der Waals surface area contributed by atoms with E-state index in [1.54, 1.807) is 43.5 Å². The van der Waals surface area contributed by atoms with Crippen molar-refractivity contribution in [3.63, 3.8) is 0 Å². The van der Waals surface area contributed by atoms with Crippen molar-refractivity contribution in [1.82, 2.24) is 0 Å². The van der Waals surface area contributed by atoms with E-state index < -0.39 is 5.82 Å². The molecular weight excluding hydrogens is 233 g/mol. The minimum absolute atomic E-state index is 0.167. The lowest BCUT2D eigenvalue weighted by Gasteiger charge is -2.12. The van der Waals surface area contributed by atoms with Gasteiger partial charge >= 0.3 is 0 Å². The molecule has 2 aromatic carbocycles. The molecule has 2 rings (SSSR count). The van der Waals surface area contributed by atoms with Crippen molar-refractivity contribution in [2.45, 2.75) is 6.54 Å². The standard InChI is InChI=1S/C14H14FNO2/c1-17-11-7-6-10(9-16)14(8-11)18-13-5-3-2-4-12(13)15/h2-8H,9,16H2,1H3. The molecule has 0 aromatic heterocycles. The van der Waals surface area contributed by atoms with Crippen molar-refractivity contribution >= 4 is 0 Å². The molecule has 0 saturated carbocycles. The fourth-order valence-electron chi connectivity index (χ4n) is 1.57. The Bertz CT molecular complexity index is 543. The van der Waals surface area contributed by atoms with Crippen LogP contribution in [0.5, 0.6) is 17.2 Å². The Morgan fingerprint density at radius 3 is 2.56 bits per heavy atom. The summed E-state index contributed by atoms with van der Waals surface area (Å²) < 4.78 is 24.2. The van der Waals surface area contributed by atoms with E-state index in [-0.39, 0.29) is 5.75 Å². The second kappa shape index (κ2) is 5.51. The maximum atomic E-state index is 13.5. The largest absolute Gasteiger partial charge is 0.497 e. The summed E-state index contributed by atoms with van der Waals surface area (Å²) in [5, 5.41) is 0. The van der Waals surface area contributed by atoms with Gasteiger partial charge < -0.3 is 15.2 Å². The van der Waals surface area contributed by atoms with Crippen LogP contribution in [0.2, 0.25) is 0 Å². The van der Waals surface area contributed by atoms with Gasteiger partial charge in [-0.05, 0) is 18.2 Å². The first-order valence-electron chi connectivity index (χ1n) is 5.54. The number of rotatable bonds is 4. The summed E-state index contributed by atoms with van der Waals surface area (Å²) in [6.45, 7) is 0.313. The minimum atomic E-state index is -0.414. The van der Waals surface area contributed by atoms with Gasteiger partial charge in [-0.25, -0.2) is 4.39 Å². The van der Waals surface area contributed by atoms with E-state index in [0.717, 1.165) is 5.56 Å². The van der Waals surface area contributed by atoms with Crippen molar-refractivity contribution < 1.29 is 13.9 Å². The van der Waals surface area contributed by atoms with E-state index in [1.807, 2.05) is 0 Å². The Kier molecular flexibility index (Phi) is 3.79. The number of ether oxygens (including phenoxy) is 2. The molecule has 0 aliphatic heterocycles. The number of benzene rings is 2. The van der Waals surface area contributed by atoms with Gasteiger partial charge in [-0.3, -0.25) is 0 Å². The maximum absolute atomic E-state index is 13.5. The maximum Gasteiger partial charge on any atom is 0.165 e. The molecule has 0 bridgehead atoms. The second-order valence-corrected chi connectivity index (χ2v) is 3.71. The third-order valence-corrected chi connectivity index (χ3v) is 2.55. The Morgan fingerprint density at radius 1 is 1.11 bits per heavy atom. The van der Waals surface area contributed by atoms with E-state index >= 15 is 0 Å². The summed E-state index contributed by atoms with van der Waals surface area (Å²) in [5.74, 6) is 0.893. The molecule has 94 valence electrons. The number of hydrogen-bond acceptors (Lipinski definition) is 3. The van der Waals surface area contributed by atoms with Gasteiger partial charge in [0.2, 0.25) is 0 Å². The van der Waals surface area contributed by atoms with E-state index in [9.17, 15) is 4.39 Å². The molecule has 0 aliphatic carbocycles. The van der Waals surface area contributed by atoms with Crippen molar-refractivity contribution in [3.8, 4) is 17.2 Å². The molecule has 3 nitrogen and oxygen atoms in total. The van der Waals surface area contributed by atoms with Gasteiger partial charge in [-0.15, -0.1) is 0 Å². The summed E-state index contributed by atoms with van der Waals surface area (Å²) in [7, 11) is 1.56. The van der Waals surface area contributed by atoms with E-state index in [1.165, 1.54) is 6.07 Å². The van der Waals surface area contributed by atoms with Crippen LogP contribution < -0.4 is 15.2 Å². The molecule has 2 N–H and O–H groups in total. The monoisotopic (exact) mass is 247 g/mol. The van der Waals surface area contributed by atoms with Crippen LogP contribution in [0.15, 0.2) is 42.5 Å². The van der Waals surface area contributed by atoms with E-state index in [0.29, 0.717) is 18.0 Å². The molecule has 0 saturated heterocycles. The van der Waals surface area contributed by atoms with E-state index in [2.05, 4.69) is 0 Å². The van der Waals surface area contributed by atoms with Gasteiger partial charge in [0.05, 0.1) is 7.11 Å². The summed E-state index contributed by atoms with van der Waals surface area (Å²) in [4.78, 5) is 0. The molecule has 0 spiro atoms. The Morgan fingerprint density at radius 2 is 1.89 bits per heavy atom. The van der Waals surface area contributed by atoms with Crippen molar-refractivity contribution in [2.75, 3.05) is 7.11 Å². The predicted molar refractivity (Wildman–Crippen MR) is 67.4 cm³/mol. The topological polar surface area (TPSA) is 44.5 Å². The fourth-order valence-corrected chi connectivity index (χ4v) is 1.57. The zero-order chi connectivity index (χ0) is 13.0. The average molecular weight is 247 g/mol. The first-order valence-corrected chi connectivity index (χ1v) is 5.54. The summed E-state index contributed by atoms with van der Waals surface area (Å²) in [5.41, 5.74) is 6.41. The minimum Gasteiger partial charge on any atom is -0.497 e. The van der Waals surface area contributed by atoms with Crippen LogP contribution in [-0.2, 0) is 6.54 Å². The van der Waals surface area contributed by atoms with Crippen LogP contribution >= 0.6 is 0 Å². The van der Waals surface area contributed by atoms with Gasteiger partial charge in [0, 0.05) is 18.2 Å². The lowest BCUT2D eigenvalue weighted by molar-refractivity contribution is 0.403. The molecule has 0 atom stereocenters. The molecule has 4 heteroatoms. The number of para-hydroxylation sites is 1. The van der Waals surface area contributed by atoms with Crippen LogP contribution in [0.3, 0.4) is 0 Å². The molecule has 0 radical (unpaired) electrons. The first-order chi connectivity index (χ1) is 8.74. The van der Waals surface area contributed by atoms with E-state index in [4.69, 9.17) is 15.2 Å². The molecule has 0 heterocycles. The van der Waals surface area contributed by atoms with Crippen LogP contribution in [0, 0.1) is 5.82 Å². The molecular formula is C14H14FNO2. The Balaban J connectivity index is 2.35. The zero-order valence-electron chi connectivity index (χ0n) is 10.0. The first kappa shape index (κ1) is 12.4. The van der Waals surface area contributed by atoms with Gasteiger partial charge in [0.15, 0.2) is 11.6 Å². The van der Waals surface area contributed by atoms with Crippen molar-refractivity contribution in [2.24, 2.45) is 5.73 Å². The average Bonchev–Trinajstić information content (AvgIpc) is 2.41. The molecule has 0 aliphatic rings. The smallest absolute Gasteiger partial charge is 0.165 e. The van der Waals surface area contributed by atoms with Crippen LogP contribution in [0.1, 0.15) is 5.56 Å². The molecule has 0 fully saturated rings. The third-order valence-electron chi connectivity index (χ3n) is 2.55. The van der Waals surface area contributed by atoms with Gasteiger partial charge in [-0.2, -0.15) is 0 Å². The summed E-state index contributed by atoms with van der Waals surface area (Å²) >= 11 is 0. The van der Waals surface area contributed by atoms with Gasteiger partial charge in [0.25, 0.3) is 0 Å². The normalized spacial score (nSPS) is 10.2. The molecule has 18 heavy (non-hydrogen) atoms. The lowest BCUT2D eigenvalue weighted by atomic mass is 10.2.